The number of hydrogen-bond acceptors (Lipinski definition) is 6. The molecule has 0 fully saturated rings. The van der Waals surface area contributed by atoms with Crippen molar-refractivity contribution >= 4 is 34.8 Å². The van der Waals surface area contributed by atoms with E-state index >= 15 is 0 Å². The van der Waals surface area contributed by atoms with Gasteiger partial charge < -0.3 is 4.74 Å². The summed E-state index contributed by atoms with van der Waals surface area (Å²) in [7, 11) is 1.07. The highest BCUT2D eigenvalue weighted by Crippen LogP contribution is 2.27. The van der Waals surface area contributed by atoms with Crippen molar-refractivity contribution in [3.63, 3.8) is 0 Å². The number of nitro groups is 1. The number of rotatable bonds is 6. The van der Waals surface area contributed by atoms with Gasteiger partial charge in [0.1, 0.15) is 5.56 Å². The predicted octanol–water partition coefficient (Wildman–Crippen LogP) is 3.49. The maximum absolute atomic E-state index is 12.4. The van der Waals surface area contributed by atoms with Crippen LogP contribution in [-0.4, -0.2) is 29.6 Å². The molecule has 2 aromatic carbocycles. The van der Waals surface area contributed by atoms with Crippen LogP contribution in [0.5, 0.6) is 0 Å². The van der Waals surface area contributed by atoms with E-state index in [2.05, 4.69) is 4.74 Å². The van der Waals surface area contributed by atoms with E-state index in [9.17, 15) is 24.5 Å². The Hall–Kier alpha value is -3.06. The zero-order valence-corrected chi connectivity index (χ0v) is 13.8. The van der Waals surface area contributed by atoms with E-state index in [0.717, 1.165) is 7.11 Å². The lowest BCUT2D eigenvalue weighted by atomic mass is 9.98. The lowest BCUT2D eigenvalue weighted by molar-refractivity contribution is -0.385. The highest BCUT2D eigenvalue weighted by molar-refractivity contribution is 6.34. The van der Waals surface area contributed by atoms with Gasteiger partial charge >= 0.3 is 5.97 Å². The summed E-state index contributed by atoms with van der Waals surface area (Å²) < 4.78 is 4.49. The fraction of sp³-hybridized carbons (Fsp3) is 0.118. The SMILES string of the molecule is COC(=O)c1cccc(C(=O)CC(=O)c2ccccc2Cl)c1[N+](=O)[O-]. The second-order valence-corrected chi connectivity index (χ2v) is 5.36. The third-order valence-electron chi connectivity index (χ3n) is 3.42. The van der Waals surface area contributed by atoms with E-state index < -0.39 is 34.6 Å². The van der Waals surface area contributed by atoms with Gasteiger partial charge in [-0.1, -0.05) is 29.8 Å². The average molecular weight is 362 g/mol. The van der Waals surface area contributed by atoms with Crippen LogP contribution < -0.4 is 0 Å². The Balaban J connectivity index is 2.40. The van der Waals surface area contributed by atoms with Crippen molar-refractivity contribution < 1.29 is 24.0 Å². The summed E-state index contributed by atoms with van der Waals surface area (Å²) in [6, 6.07) is 9.85. The van der Waals surface area contributed by atoms with Crippen molar-refractivity contribution in [3.8, 4) is 0 Å². The summed E-state index contributed by atoms with van der Waals surface area (Å²) in [4.78, 5) is 46.8. The van der Waals surface area contributed by atoms with Crippen molar-refractivity contribution in [3.05, 3.63) is 74.3 Å². The van der Waals surface area contributed by atoms with Crippen molar-refractivity contribution in [2.24, 2.45) is 0 Å². The standard InChI is InChI=1S/C17H12ClNO6/c1-25-17(22)12-7-4-6-11(16(12)19(23)24)15(21)9-14(20)10-5-2-3-8-13(10)18/h2-8H,9H2,1H3. The number of ketones is 2. The average Bonchev–Trinajstić information content (AvgIpc) is 2.60. The number of carbonyl (C=O) groups excluding carboxylic acids is 3. The Bertz CT molecular complexity index is 877. The van der Waals surface area contributed by atoms with Crippen LogP contribution in [0.25, 0.3) is 0 Å². The fourth-order valence-corrected chi connectivity index (χ4v) is 2.50. The van der Waals surface area contributed by atoms with Gasteiger partial charge in [0.2, 0.25) is 0 Å². The van der Waals surface area contributed by atoms with Gasteiger partial charge in [0.15, 0.2) is 11.6 Å². The molecule has 0 bridgehead atoms. The summed E-state index contributed by atoms with van der Waals surface area (Å²) >= 11 is 5.91. The van der Waals surface area contributed by atoms with Gasteiger partial charge in [-0.15, -0.1) is 0 Å². The van der Waals surface area contributed by atoms with E-state index in [-0.39, 0.29) is 21.7 Å². The topological polar surface area (TPSA) is 104 Å². The van der Waals surface area contributed by atoms with Crippen LogP contribution in [0.2, 0.25) is 5.02 Å². The molecule has 8 heteroatoms. The number of esters is 1. The van der Waals surface area contributed by atoms with Crippen molar-refractivity contribution in [1.82, 2.24) is 0 Å². The maximum Gasteiger partial charge on any atom is 0.344 e. The molecular formula is C17H12ClNO6. The van der Waals surface area contributed by atoms with Crippen molar-refractivity contribution in [2.75, 3.05) is 7.11 Å². The van der Waals surface area contributed by atoms with Crippen LogP contribution in [0, 0.1) is 10.1 Å². The van der Waals surface area contributed by atoms with Crippen LogP contribution in [0.3, 0.4) is 0 Å². The lowest BCUT2D eigenvalue weighted by Gasteiger charge is -2.07. The number of methoxy groups -OCH3 is 1. The minimum absolute atomic E-state index is 0.143. The lowest BCUT2D eigenvalue weighted by Crippen LogP contribution is -2.14. The molecule has 0 N–H and O–H groups in total. The quantitative estimate of drug-likeness (QED) is 0.256. The van der Waals surface area contributed by atoms with Crippen LogP contribution >= 0.6 is 11.6 Å². The van der Waals surface area contributed by atoms with Gasteiger partial charge in [-0.2, -0.15) is 0 Å². The third-order valence-corrected chi connectivity index (χ3v) is 3.75. The van der Waals surface area contributed by atoms with Gasteiger partial charge in [0, 0.05) is 5.56 Å². The van der Waals surface area contributed by atoms with Gasteiger partial charge in [0.25, 0.3) is 5.69 Å². The molecule has 0 aliphatic heterocycles. The molecule has 0 radical (unpaired) electrons. The van der Waals surface area contributed by atoms with Crippen molar-refractivity contribution in [1.29, 1.82) is 0 Å². The van der Waals surface area contributed by atoms with E-state index in [0.29, 0.717) is 0 Å². The molecule has 2 rings (SSSR count). The molecule has 7 nitrogen and oxygen atoms in total. The molecule has 0 aromatic heterocycles. The highest BCUT2D eigenvalue weighted by atomic mass is 35.5. The third kappa shape index (κ3) is 3.89. The van der Waals surface area contributed by atoms with Gasteiger partial charge in [-0.25, -0.2) is 4.79 Å². The summed E-state index contributed by atoms with van der Waals surface area (Å²) in [6.07, 6.45) is -0.616. The number of para-hydroxylation sites is 1. The molecule has 0 heterocycles. The van der Waals surface area contributed by atoms with Crippen molar-refractivity contribution in [2.45, 2.75) is 6.42 Å². The minimum Gasteiger partial charge on any atom is -0.465 e. The molecule has 0 aliphatic rings. The number of ether oxygens (including phenoxy) is 1. The smallest absolute Gasteiger partial charge is 0.344 e. The normalized spacial score (nSPS) is 10.2. The van der Waals surface area contributed by atoms with Gasteiger partial charge in [-0.05, 0) is 24.3 Å². The molecule has 25 heavy (non-hydrogen) atoms. The first-order valence-corrected chi connectivity index (χ1v) is 7.41. The van der Waals surface area contributed by atoms with Crippen LogP contribution in [0.1, 0.15) is 37.5 Å². The van der Waals surface area contributed by atoms with E-state index in [1.54, 1.807) is 12.1 Å². The van der Waals surface area contributed by atoms with E-state index in [1.165, 1.54) is 30.3 Å². The molecule has 128 valence electrons. The maximum atomic E-state index is 12.4. The van der Waals surface area contributed by atoms with Gasteiger partial charge in [-0.3, -0.25) is 19.7 Å². The Morgan fingerprint density at radius 3 is 2.16 bits per heavy atom. The molecule has 0 amide bonds. The zero-order chi connectivity index (χ0) is 18.6. The number of nitrogens with zero attached hydrogens (tertiary/aromatic N) is 1. The number of hydrogen-bond donors (Lipinski definition) is 0. The molecule has 0 saturated carbocycles. The Morgan fingerprint density at radius 2 is 1.56 bits per heavy atom. The summed E-state index contributed by atoms with van der Waals surface area (Å²) in [5.74, 6) is -2.31. The molecule has 0 aliphatic carbocycles. The molecule has 2 aromatic rings. The van der Waals surface area contributed by atoms with Crippen LogP contribution in [0.4, 0.5) is 5.69 Å². The Kier molecular flexibility index (Phi) is 5.61. The second-order valence-electron chi connectivity index (χ2n) is 4.95. The number of halogens is 1. The van der Waals surface area contributed by atoms with E-state index in [1.807, 2.05) is 0 Å². The van der Waals surface area contributed by atoms with Crippen LogP contribution in [0.15, 0.2) is 42.5 Å². The molecule has 0 spiro atoms. The molecule has 0 unspecified atom stereocenters. The number of benzene rings is 2. The summed E-state index contributed by atoms with van der Waals surface area (Å²) in [5.41, 5.74) is -1.24. The predicted molar refractivity (Wildman–Crippen MR) is 89.2 cm³/mol. The number of carbonyl (C=O) groups is 3. The largest absolute Gasteiger partial charge is 0.465 e. The summed E-state index contributed by atoms with van der Waals surface area (Å²) in [6.45, 7) is 0. The number of Topliss-reactive ketones (excluding diaryl/α,β-unsaturated/α-hetero) is 2. The summed E-state index contributed by atoms with van der Waals surface area (Å²) in [5, 5.41) is 11.5. The first-order chi connectivity index (χ1) is 11.9. The van der Waals surface area contributed by atoms with Gasteiger partial charge in [0.05, 0.1) is 29.0 Å². The van der Waals surface area contributed by atoms with E-state index in [4.69, 9.17) is 11.6 Å². The highest BCUT2D eigenvalue weighted by Gasteiger charge is 2.29. The Morgan fingerprint density at radius 1 is 1.00 bits per heavy atom. The molecule has 0 saturated heterocycles. The monoisotopic (exact) mass is 361 g/mol. The Labute approximate surface area is 147 Å². The minimum atomic E-state index is -0.946. The first kappa shape index (κ1) is 18.3. The molecule has 0 atom stereocenters. The first-order valence-electron chi connectivity index (χ1n) is 7.03. The van der Waals surface area contributed by atoms with Crippen LogP contribution in [-0.2, 0) is 4.74 Å². The fourth-order valence-electron chi connectivity index (χ4n) is 2.26. The zero-order valence-electron chi connectivity index (χ0n) is 13.0. The molecular weight excluding hydrogens is 350 g/mol. The number of nitro benzene ring substituents is 1. The second kappa shape index (κ2) is 7.67.